The molecule has 0 aliphatic carbocycles. The molecule has 3 aromatic heterocycles. The second-order valence-corrected chi connectivity index (χ2v) is 4.91. The summed E-state index contributed by atoms with van der Waals surface area (Å²) in [6, 6.07) is 5.80. The summed E-state index contributed by atoms with van der Waals surface area (Å²) < 4.78 is 1.72. The van der Waals surface area contributed by atoms with Gasteiger partial charge in [0.2, 0.25) is 5.95 Å². The van der Waals surface area contributed by atoms with Gasteiger partial charge in [0, 0.05) is 25.6 Å². The molecule has 3 heterocycles. The Morgan fingerprint density at radius 2 is 2.09 bits per heavy atom. The van der Waals surface area contributed by atoms with Crippen LogP contribution in [0.15, 0.2) is 43.0 Å². The molecule has 0 aromatic carbocycles. The van der Waals surface area contributed by atoms with Crippen LogP contribution in [-0.4, -0.2) is 24.7 Å². The number of hydrogen-bond donors (Lipinski definition) is 2. The van der Waals surface area contributed by atoms with Gasteiger partial charge in [0.15, 0.2) is 0 Å². The summed E-state index contributed by atoms with van der Waals surface area (Å²) in [6.07, 6.45) is 7.08. The summed E-state index contributed by atoms with van der Waals surface area (Å²) in [5.41, 5.74) is 3.00. The maximum atomic E-state index is 4.42. The number of nitrogens with one attached hydrogen (secondary N) is 2. The molecule has 7 heteroatoms. The van der Waals surface area contributed by atoms with Crippen LogP contribution in [0.25, 0.3) is 0 Å². The predicted molar refractivity (Wildman–Crippen MR) is 84.8 cm³/mol. The quantitative estimate of drug-likeness (QED) is 0.751. The van der Waals surface area contributed by atoms with Crippen molar-refractivity contribution < 1.29 is 0 Å². The molecule has 7 nitrogen and oxygen atoms in total. The topological polar surface area (TPSA) is 80.5 Å². The maximum absolute atomic E-state index is 4.42. The largest absolute Gasteiger partial charge is 0.364 e. The molecule has 2 N–H and O–H groups in total. The van der Waals surface area contributed by atoms with E-state index in [0.29, 0.717) is 12.5 Å². The first kappa shape index (κ1) is 14.0. The Labute approximate surface area is 128 Å². The van der Waals surface area contributed by atoms with Gasteiger partial charge >= 0.3 is 0 Å². The van der Waals surface area contributed by atoms with Gasteiger partial charge in [-0.3, -0.25) is 9.67 Å². The minimum atomic E-state index is 0.524. The Hall–Kier alpha value is -2.96. The van der Waals surface area contributed by atoms with Crippen molar-refractivity contribution in [2.24, 2.45) is 7.05 Å². The first-order valence-electron chi connectivity index (χ1n) is 6.94. The lowest BCUT2D eigenvalue weighted by Crippen LogP contribution is -2.06. The van der Waals surface area contributed by atoms with E-state index in [1.54, 1.807) is 23.3 Å². The molecule has 0 fully saturated rings. The number of aryl methyl sites for hydroxylation is 2. The number of anilines is 3. The third kappa shape index (κ3) is 3.38. The van der Waals surface area contributed by atoms with E-state index >= 15 is 0 Å². The van der Waals surface area contributed by atoms with Crippen LogP contribution in [0.4, 0.5) is 17.5 Å². The molecule has 3 rings (SSSR count). The number of nitrogens with zero attached hydrogens (tertiary/aromatic N) is 5. The number of aromatic nitrogens is 5. The number of rotatable bonds is 5. The molecule has 0 aliphatic rings. The predicted octanol–water partition coefficient (Wildman–Crippen LogP) is 2.27. The molecule has 0 unspecified atom stereocenters. The van der Waals surface area contributed by atoms with Crippen LogP contribution in [0.2, 0.25) is 0 Å². The lowest BCUT2D eigenvalue weighted by atomic mass is 10.2. The van der Waals surface area contributed by atoms with E-state index < -0.39 is 0 Å². The molecule has 22 heavy (non-hydrogen) atoms. The lowest BCUT2D eigenvalue weighted by Gasteiger charge is -2.08. The van der Waals surface area contributed by atoms with Gasteiger partial charge in [-0.25, -0.2) is 4.98 Å². The van der Waals surface area contributed by atoms with E-state index in [4.69, 9.17) is 0 Å². The average Bonchev–Trinajstić information content (AvgIpc) is 2.92. The molecular weight excluding hydrogens is 278 g/mol. The molecule has 3 aromatic rings. The third-order valence-electron chi connectivity index (χ3n) is 3.17. The summed E-state index contributed by atoms with van der Waals surface area (Å²) >= 11 is 0. The van der Waals surface area contributed by atoms with Crippen molar-refractivity contribution in [3.8, 4) is 0 Å². The molecule has 0 bridgehead atoms. The van der Waals surface area contributed by atoms with Gasteiger partial charge in [-0.05, 0) is 24.6 Å². The van der Waals surface area contributed by atoms with Gasteiger partial charge in [-0.2, -0.15) is 10.1 Å². The van der Waals surface area contributed by atoms with Gasteiger partial charge in [0.05, 0.1) is 24.1 Å². The zero-order valence-corrected chi connectivity index (χ0v) is 12.5. The second kappa shape index (κ2) is 6.21. The molecule has 0 aliphatic heterocycles. The molecule has 0 atom stereocenters. The molecule has 112 valence electrons. The fourth-order valence-corrected chi connectivity index (χ4v) is 2.01. The molecule has 0 amide bonds. The Balaban J connectivity index is 1.67. The zero-order chi connectivity index (χ0) is 15.4. The van der Waals surface area contributed by atoms with Crippen molar-refractivity contribution in [2.75, 3.05) is 10.6 Å². The van der Waals surface area contributed by atoms with Crippen LogP contribution in [0.3, 0.4) is 0 Å². The second-order valence-electron chi connectivity index (χ2n) is 4.91. The summed E-state index contributed by atoms with van der Waals surface area (Å²) in [7, 11) is 1.86. The average molecular weight is 295 g/mol. The molecule has 0 spiro atoms. The van der Waals surface area contributed by atoms with Crippen LogP contribution >= 0.6 is 0 Å². The van der Waals surface area contributed by atoms with Gasteiger partial charge < -0.3 is 10.6 Å². The summed E-state index contributed by atoms with van der Waals surface area (Å²) in [5.74, 6) is 1.27. The summed E-state index contributed by atoms with van der Waals surface area (Å²) in [4.78, 5) is 13.0. The molecule has 0 radical (unpaired) electrons. The van der Waals surface area contributed by atoms with Crippen molar-refractivity contribution in [3.05, 3.63) is 54.2 Å². The zero-order valence-electron chi connectivity index (χ0n) is 12.5. The Morgan fingerprint density at radius 3 is 2.86 bits per heavy atom. The van der Waals surface area contributed by atoms with Gasteiger partial charge in [-0.15, -0.1) is 0 Å². The first-order chi connectivity index (χ1) is 10.7. The van der Waals surface area contributed by atoms with E-state index in [2.05, 4.69) is 30.7 Å². The van der Waals surface area contributed by atoms with Gasteiger partial charge in [0.1, 0.15) is 5.82 Å². The monoisotopic (exact) mass is 295 g/mol. The third-order valence-corrected chi connectivity index (χ3v) is 3.17. The fourth-order valence-electron chi connectivity index (χ4n) is 2.01. The van der Waals surface area contributed by atoms with Crippen LogP contribution < -0.4 is 10.6 Å². The van der Waals surface area contributed by atoms with Crippen molar-refractivity contribution in [2.45, 2.75) is 13.5 Å². The lowest BCUT2D eigenvalue weighted by molar-refractivity contribution is 0.768. The molecule has 0 saturated carbocycles. The number of hydrogen-bond acceptors (Lipinski definition) is 6. The van der Waals surface area contributed by atoms with Crippen LogP contribution in [0.1, 0.15) is 11.3 Å². The van der Waals surface area contributed by atoms with E-state index in [9.17, 15) is 0 Å². The van der Waals surface area contributed by atoms with Crippen molar-refractivity contribution in [1.82, 2.24) is 24.7 Å². The number of pyridine rings is 1. The van der Waals surface area contributed by atoms with Crippen LogP contribution in [-0.2, 0) is 13.6 Å². The Kier molecular flexibility index (Phi) is 3.95. The highest BCUT2D eigenvalue weighted by atomic mass is 15.3. The highest BCUT2D eigenvalue weighted by molar-refractivity contribution is 5.52. The summed E-state index contributed by atoms with van der Waals surface area (Å²) in [6.45, 7) is 2.66. The Bertz CT molecular complexity index is 766. The van der Waals surface area contributed by atoms with Gasteiger partial charge in [0.25, 0.3) is 0 Å². The van der Waals surface area contributed by atoms with E-state index in [0.717, 1.165) is 22.8 Å². The minimum Gasteiger partial charge on any atom is -0.364 e. The first-order valence-corrected chi connectivity index (χ1v) is 6.94. The maximum Gasteiger partial charge on any atom is 0.229 e. The minimum absolute atomic E-state index is 0.524. The van der Waals surface area contributed by atoms with E-state index in [-0.39, 0.29) is 0 Å². The van der Waals surface area contributed by atoms with Gasteiger partial charge in [-0.1, -0.05) is 6.07 Å². The SMILES string of the molecule is Cc1cccnc1CNc1ccnc(Nc2cnn(C)c2)n1. The van der Waals surface area contributed by atoms with Crippen molar-refractivity contribution >= 4 is 17.5 Å². The van der Waals surface area contributed by atoms with E-state index in [1.165, 1.54) is 0 Å². The summed E-state index contributed by atoms with van der Waals surface area (Å²) in [5, 5.41) is 10.5. The smallest absolute Gasteiger partial charge is 0.229 e. The molecule has 0 saturated heterocycles. The Morgan fingerprint density at radius 1 is 1.18 bits per heavy atom. The fraction of sp³-hybridized carbons (Fsp3) is 0.200. The van der Waals surface area contributed by atoms with Crippen molar-refractivity contribution in [3.63, 3.8) is 0 Å². The standard InChI is InChI=1S/C15H17N7/c1-11-4-3-6-16-13(11)9-18-14-5-7-17-15(21-14)20-12-8-19-22(2)10-12/h3-8,10H,9H2,1-2H3,(H2,17,18,20,21). The van der Waals surface area contributed by atoms with Crippen LogP contribution in [0, 0.1) is 6.92 Å². The van der Waals surface area contributed by atoms with Crippen molar-refractivity contribution in [1.29, 1.82) is 0 Å². The molecular formula is C15H17N7. The van der Waals surface area contributed by atoms with Crippen LogP contribution in [0.5, 0.6) is 0 Å². The highest BCUT2D eigenvalue weighted by Gasteiger charge is 2.03. The highest BCUT2D eigenvalue weighted by Crippen LogP contribution is 2.13. The van der Waals surface area contributed by atoms with E-state index in [1.807, 2.05) is 38.4 Å². The normalized spacial score (nSPS) is 10.5.